The van der Waals surface area contributed by atoms with Crippen LogP contribution in [0.5, 0.6) is 0 Å². The smallest absolute Gasteiger partial charge is 0.272 e. The summed E-state index contributed by atoms with van der Waals surface area (Å²) in [6.45, 7) is 15.5. The standard InChI is InChI=1S/C23H34N4O2/c1-17(2)21-14-20(25-27(21)23(3,4)5)22(28)24-15-18-7-6-8-19(13-18)16-26-9-11-29-12-10-26/h6-8,13-14,17H,9-12,15-16H2,1-5H3,(H,24,28). The van der Waals surface area contributed by atoms with Gasteiger partial charge in [0.25, 0.3) is 5.91 Å². The molecule has 1 aromatic heterocycles. The van der Waals surface area contributed by atoms with Gasteiger partial charge in [-0.1, -0.05) is 38.1 Å². The van der Waals surface area contributed by atoms with Crippen LogP contribution in [0.4, 0.5) is 0 Å². The van der Waals surface area contributed by atoms with Gasteiger partial charge >= 0.3 is 0 Å². The summed E-state index contributed by atoms with van der Waals surface area (Å²) in [5, 5.41) is 7.62. The zero-order valence-electron chi connectivity index (χ0n) is 18.4. The van der Waals surface area contributed by atoms with E-state index in [1.165, 1.54) is 5.56 Å². The van der Waals surface area contributed by atoms with Gasteiger partial charge in [-0.15, -0.1) is 0 Å². The van der Waals surface area contributed by atoms with Crippen LogP contribution in [0, 0.1) is 0 Å². The minimum atomic E-state index is -0.161. The maximum Gasteiger partial charge on any atom is 0.272 e. The molecule has 1 amide bonds. The number of rotatable bonds is 6. The van der Waals surface area contributed by atoms with E-state index in [2.05, 4.69) is 74.2 Å². The first-order valence-corrected chi connectivity index (χ1v) is 10.5. The molecule has 1 fully saturated rings. The number of benzene rings is 1. The SMILES string of the molecule is CC(C)c1cc(C(=O)NCc2cccc(CN3CCOCC3)c2)nn1C(C)(C)C. The van der Waals surface area contributed by atoms with Crippen LogP contribution in [0.3, 0.4) is 0 Å². The first-order valence-electron chi connectivity index (χ1n) is 10.5. The fourth-order valence-corrected chi connectivity index (χ4v) is 3.58. The van der Waals surface area contributed by atoms with Crippen molar-refractivity contribution in [2.24, 2.45) is 0 Å². The maximum atomic E-state index is 12.7. The molecule has 0 spiro atoms. The molecule has 1 saturated heterocycles. The van der Waals surface area contributed by atoms with Crippen LogP contribution < -0.4 is 5.32 Å². The molecule has 1 aromatic carbocycles. The van der Waals surface area contributed by atoms with Gasteiger partial charge in [-0.05, 0) is 43.9 Å². The highest BCUT2D eigenvalue weighted by atomic mass is 16.5. The third-order valence-electron chi connectivity index (χ3n) is 5.15. The molecular weight excluding hydrogens is 364 g/mol. The third-order valence-corrected chi connectivity index (χ3v) is 5.15. The molecule has 29 heavy (non-hydrogen) atoms. The van der Waals surface area contributed by atoms with Crippen molar-refractivity contribution in [1.82, 2.24) is 20.0 Å². The van der Waals surface area contributed by atoms with Gasteiger partial charge in [0.1, 0.15) is 5.69 Å². The number of aromatic nitrogens is 2. The molecule has 158 valence electrons. The van der Waals surface area contributed by atoms with Crippen molar-refractivity contribution in [1.29, 1.82) is 0 Å². The molecule has 6 nitrogen and oxygen atoms in total. The lowest BCUT2D eigenvalue weighted by Crippen LogP contribution is -2.35. The van der Waals surface area contributed by atoms with Crippen molar-refractivity contribution >= 4 is 5.91 Å². The average Bonchev–Trinajstić information content (AvgIpc) is 3.14. The zero-order valence-corrected chi connectivity index (χ0v) is 18.4. The fourth-order valence-electron chi connectivity index (χ4n) is 3.58. The Morgan fingerprint density at radius 2 is 1.86 bits per heavy atom. The van der Waals surface area contributed by atoms with Crippen molar-refractivity contribution in [2.45, 2.75) is 59.2 Å². The van der Waals surface area contributed by atoms with Gasteiger partial charge in [-0.25, -0.2) is 0 Å². The predicted octanol–water partition coefficient (Wildman–Crippen LogP) is 3.52. The fraction of sp³-hybridized carbons (Fsp3) is 0.565. The van der Waals surface area contributed by atoms with Crippen LogP contribution >= 0.6 is 0 Å². The minimum absolute atomic E-state index is 0.131. The highest BCUT2D eigenvalue weighted by Gasteiger charge is 2.23. The van der Waals surface area contributed by atoms with Crippen molar-refractivity contribution < 1.29 is 9.53 Å². The van der Waals surface area contributed by atoms with Gasteiger partial charge in [0, 0.05) is 31.9 Å². The normalized spacial score (nSPS) is 15.7. The zero-order chi connectivity index (χ0) is 21.0. The highest BCUT2D eigenvalue weighted by molar-refractivity contribution is 5.92. The van der Waals surface area contributed by atoms with Gasteiger partial charge in [-0.2, -0.15) is 5.10 Å². The number of amides is 1. The van der Waals surface area contributed by atoms with Crippen LogP contribution in [-0.4, -0.2) is 46.9 Å². The summed E-state index contributed by atoms with van der Waals surface area (Å²) in [4.78, 5) is 15.1. The molecular formula is C23H34N4O2. The lowest BCUT2D eigenvalue weighted by atomic mass is 10.1. The number of hydrogen-bond acceptors (Lipinski definition) is 4. The van der Waals surface area contributed by atoms with E-state index in [0.29, 0.717) is 18.2 Å². The third kappa shape index (κ3) is 5.67. The average molecular weight is 399 g/mol. The molecule has 0 unspecified atom stereocenters. The number of nitrogens with zero attached hydrogens (tertiary/aromatic N) is 3. The van der Waals surface area contributed by atoms with Crippen LogP contribution in [0.15, 0.2) is 30.3 Å². The van der Waals surface area contributed by atoms with Gasteiger partial charge in [0.15, 0.2) is 0 Å². The summed E-state index contributed by atoms with van der Waals surface area (Å²) in [6, 6.07) is 10.3. The number of hydrogen-bond donors (Lipinski definition) is 1. The molecule has 0 bridgehead atoms. The van der Waals surface area contributed by atoms with Gasteiger partial charge in [0.05, 0.1) is 18.8 Å². The van der Waals surface area contributed by atoms with E-state index in [1.54, 1.807) is 0 Å². The summed E-state index contributed by atoms with van der Waals surface area (Å²) < 4.78 is 7.38. The Labute approximate surface area is 174 Å². The Bertz CT molecular complexity index is 830. The molecule has 0 saturated carbocycles. The molecule has 1 aliphatic heterocycles. The van der Waals surface area contributed by atoms with Gasteiger partial charge in [-0.3, -0.25) is 14.4 Å². The van der Waals surface area contributed by atoms with E-state index in [9.17, 15) is 4.79 Å². The second kappa shape index (κ2) is 9.09. The summed E-state index contributed by atoms with van der Waals surface area (Å²) in [5.41, 5.74) is 3.76. The molecule has 2 heterocycles. The number of ether oxygens (including phenoxy) is 1. The largest absolute Gasteiger partial charge is 0.379 e. The van der Waals surface area contributed by atoms with Crippen molar-refractivity contribution in [3.05, 3.63) is 52.8 Å². The molecule has 0 radical (unpaired) electrons. The first-order chi connectivity index (χ1) is 13.7. The van der Waals surface area contributed by atoms with Crippen LogP contribution in [0.2, 0.25) is 0 Å². The minimum Gasteiger partial charge on any atom is -0.379 e. The Hall–Kier alpha value is -2.18. The quantitative estimate of drug-likeness (QED) is 0.809. The van der Waals surface area contributed by atoms with Gasteiger partial charge < -0.3 is 10.1 Å². The number of morpholine rings is 1. The van der Waals surface area contributed by atoms with Crippen LogP contribution in [-0.2, 0) is 23.4 Å². The van der Waals surface area contributed by atoms with Crippen molar-refractivity contribution in [3.8, 4) is 0 Å². The molecule has 6 heteroatoms. The molecule has 1 N–H and O–H groups in total. The van der Waals surface area contributed by atoms with E-state index in [4.69, 9.17) is 4.74 Å². The summed E-state index contributed by atoms with van der Waals surface area (Å²) in [5.74, 6) is 0.175. The lowest BCUT2D eigenvalue weighted by molar-refractivity contribution is 0.0342. The van der Waals surface area contributed by atoms with E-state index in [0.717, 1.165) is 44.1 Å². The summed E-state index contributed by atoms with van der Waals surface area (Å²) in [7, 11) is 0. The predicted molar refractivity (Wildman–Crippen MR) is 115 cm³/mol. The second-order valence-corrected chi connectivity index (χ2v) is 9.08. The lowest BCUT2D eigenvalue weighted by Gasteiger charge is -2.26. The Balaban J connectivity index is 1.64. The topological polar surface area (TPSA) is 59.4 Å². The number of nitrogens with one attached hydrogen (secondary N) is 1. The Morgan fingerprint density at radius 1 is 1.17 bits per heavy atom. The van der Waals surface area contributed by atoms with Crippen LogP contribution in [0.1, 0.15) is 67.8 Å². The monoisotopic (exact) mass is 398 g/mol. The molecule has 0 aliphatic carbocycles. The van der Waals surface area contributed by atoms with Crippen LogP contribution in [0.25, 0.3) is 0 Å². The Kier molecular flexibility index (Phi) is 6.75. The van der Waals surface area contributed by atoms with Crippen molar-refractivity contribution in [3.63, 3.8) is 0 Å². The number of carbonyl (C=O) groups excluding carboxylic acids is 1. The molecule has 0 atom stereocenters. The second-order valence-electron chi connectivity index (χ2n) is 9.08. The first kappa shape index (κ1) is 21.5. The van der Waals surface area contributed by atoms with E-state index in [1.807, 2.05) is 10.7 Å². The number of carbonyl (C=O) groups is 1. The molecule has 3 rings (SSSR count). The highest BCUT2D eigenvalue weighted by Crippen LogP contribution is 2.23. The Morgan fingerprint density at radius 3 is 2.48 bits per heavy atom. The summed E-state index contributed by atoms with van der Waals surface area (Å²) in [6.07, 6.45) is 0. The van der Waals surface area contributed by atoms with Gasteiger partial charge in [0.2, 0.25) is 0 Å². The summed E-state index contributed by atoms with van der Waals surface area (Å²) >= 11 is 0. The maximum absolute atomic E-state index is 12.7. The van der Waals surface area contributed by atoms with E-state index in [-0.39, 0.29) is 11.4 Å². The molecule has 2 aromatic rings. The molecule has 1 aliphatic rings. The van der Waals surface area contributed by atoms with E-state index < -0.39 is 0 Å². The van der Waals surface area contributed by atoms with Crippen molar-refractivity contribution in [2.75, 3.05) is 26.3 Å². The van der Waals surface area contributed by atoms with E-state index >= 15 is 0 Å².